The fourth-order valence-corrected chi connectivity index (χ4v) is 2.36. The first-order valence-corrected chi connectivity index (χ1v) is 6.98. The highest BCUT2D eigenvalue weighted by molar-refractivity contribution is 5.79. The van der Waals surface area contributed by atoms with Gasteiger partial charge in [-0.2, -0.15) is 0 Å². The third kappa shape index (κ3) is 3.61. The van der Waals surface area contributed by atoms with Gasteiger partial charge in [0.1, 0.15) is 12.8 Å². The first kappa shape index (κ1) is 15.5. The molecule has 5 heteroatoms. The Morgan fingerprint density at radius 1 is 1.38 bits per heavy atom. The number of carbonyl (C=O) groups is 2. The number of esters is 1. The van der Waals surface area contributed by atoms with Crippen molar-refractivity contribution in [1.82, 2.24) is 4.90 Å². The molecule has 5 nitrogen and oxygen atoms in total. The Hall–Kier alpha value is -1.88. The second-order valence-corrected chi connectivity index (χ2v) is 6.21. The Morgan fingerprint density at radius 2 is 2.05 bits per heavy atom. The standard InChI is InChI=1S/C16H21NO4/c1-16(2,3)15-17(11-18)13(10-21-15)14(19)20-9-12-7-5-4-6-8-12/h4-8,11,13,15H,9-10H2,1-3H3/t13-,15+/m0/s1. The van der Waals surface area contributed by atoms with E-state index in [4.69, 9.17) is 9.47 Å². The molecule has 1 heterocycles. The van der Waals surface area contributed by atoms with Crippen molar-refractivity contribution in [3.05, 3.63) is 35.9 Å². The lowest BCUT2D eigenvalue weighted by molar-refractivity contribution is -0.153. The Kier molecular flexibility index (Phi) is 4.63. The van der Waals surface area contributed by atoms with Crippen molar-refractivity contribution < 1.29 is 19.1 Å². The summed E-state index contributed by atoms with van der Waals surface area (Å²) in [7, 11) is 0. The molecule has 2 rings (SSSR count). The van der Waals surface area contributed by atoms with Crippen molar-refractivity contribution in [2.75, 3.05) is 6.61 Å². The van der Waals surface area contributed by atoms with E-state index < -0.39 is 18.2 Å². The number of hydrogen-bond acceptors (Lipinski definition) is 4. The quantitative estimate of drug-likeness (QED) is 0.628. The van der Waals surface area contributed by atoms with Crippen molar-refractivity contribution in [2.45, 2.75) is 39.6 Å². The Balaban J connectivity index is 1.98. The van der Waals surface area contributed by atoms with Gasteiger partial charge in [-0.15, -0.1) is 0 Å². The van der Waals surface area contributed by atoms with Crippen molar-refractivity contribution >= 4 is 12.4 Å². The van der Waals surface area contributed by atoms with Crippen LogP contribution in [0.4, 0.5) is 0 Å². The van der Waals surface area contributed by atoms with Crippen LogP contribution in [0.25, 0.3) is 0 Å². The summed E-state index contributed by atoms with van der Waals surface area (Å²) in [6, 6.07) is 8.76. The lowest BCUT2D eigenvalue weighted by Gasteiger charge is -2.32. The molecular weight excluding hydrogens is 270 g/mol. The highest BCUT2D eigenvalue weighted by Crippen LogP contribution is 2.31. The van der Waals surface area contributed by atoms with Gasteiger partial charge in [0.25, 0.3) is 0 Å². The van der Waals surface area contributed by atoms with Gasteiger partial charge in [0.05, 0.1) is 6.61 Å². The molecule has 1 saturated heterocycles. The first-order valence-electron chi connectivity index (χ1n) is 6.98. The monoisotopic (exact) mass is 291 g/mol. The number of rotatable bonds is 4. The van der Waals surface area contributed by atoms with Crippen molar-refractivity contribution in [1.29, 1.82) is 0 Å². The average molecular weight is 291 g/mol. The highest BCUT2D eigenvalue weighted by Gasteiger charge is 2.44. The lowest BCUT2D eigenvalue weighted by atomic mass is 9.93. The van der Waals surface area contributed by atoms with Gasteiger partial charge >= 0.3 is 5.97 Å². The molecule has 0 radical (unpaired) electrons. The van der Waals surface area contributed by atoms with E-state index in [1.165, 1.54) is 4.90 Å². The van der Waals surface area contributed by atoms with E-state index in [9.17, 15) is 9.59 Å². The first-order chi connectivity index (χ1) is 9.93. The van der Waals surface area contributed by atoms with Crippen LogP contribution in [0.3, 0.4) is 0 Å². The summed E-state index contributed by atoms with van der Waals surface area (Å²) in [6.07, 6.45) is 0.251. The number of ether oxygens (including phenoxy) is 2. The number of hydrogen-bond donors (Lipinski definition) is 0. The summed E-state index contributed by atoms with van der Waals surface area (Å²) < 4.78 is 10.9. The lowest BCUT2D eigenvalue weighted by Crippen LogP contribution is -2.46. The summed E-state index contributed by atoms with van der Waals surface area (Å²) in [5, 5.41) is 0. The van der Waals surface area contributed by atoms with Crippen LogP contribution in [0.5, 0.6) is 0 Å². The van der Waals surface area contributed by atoms with Crippen LogP contribution < -0.4 is 0 Å². The van der Waals surface area contributed by atoms with Crippen LogP contribution >= 0.6 is 0 Å². The number of benzene rings is 1. The van der Waals surface area contributed by atoms with E-state index in [1.807, 2.05) is 51.1 Å². The molecule has 2 atom stereocenters. The van der Waals surface area contributed by atoms with Crippen LogP contribution in [0.15, 0.2) is 30.3 Å². The summed E-state index contributed by atoms with van der Waals surface area (Å²) in [4.78, 5) is 24.9. The van der Waals surface area contributed by atoms with Gasteiger partial charge in [0, 0.05) is 5.41 Å². The molecule has 0 spiro atoms. The molecule has 0 saturated carbocycles. The van der Waals surface area contributed by atoms with Gasteiger partial charge in [-0.1, -0.05) is 51.1 Å². The topological polar surface area (TPSA) is 55.8 Å². The summed E-state index contributed by atoms with van der Waals surface area (Å²) in [5.74, 6) is -0.433. The Labute approximate surface area is 124 Å². The maximum absolute atomic E-state index is 12.2. The largest absolute Gasteiger partial charge is 0.459 e. The van der Waals surface area contributed by atoms with Gasteiger partial charge in [0.2, 0.25) is 6.41 Å². The van der Waals surface area contributed by atoms with Crippen molar-refractivity contribution in [3.8, 4) is 0 Å². The minimum absolute atomic E-state index is 0.175. The van der Waals surface area contributed by atoms with Crippen molar-refractivity contribution in [2.24, 2.45) is 5.41 Å². The van der Waals surface area contributed by atoms with E-state index >= 15 is 0 Å². The fourth-order valence-electron chi connectivity index (χ4n) is 2.36. The third-order valence-corrected chi connectivity index (χ3v) is 3.40. The molecule has 0 unspecified atom stereocenters. The molecule has 0 N–H and O–H groups in total. The molecule has 0 aromatic heterocycles. The van der Waals surface area contributed by atoms with Crippen LogP contribution in [0.2, 0.25) is 0 Å². The highest BCUT2D eigenvalue weighted by atomic mass is 16.6. The van der Waals surface area contributed by atoms with Gasteiger partial charge in [-0.05, 0) is 5.56 Å². The number of carbonyl (C=O) groups excluding carboxylic acids is 2. The van der Waals surface area contributed by atoms with Crippen LogP contribution in [-0.4, -0.2) is 36.2 Å². The minimum Gasteiger partial charge on any atom is -0.459 e. The van der Waals surface area contributed by atoms with Gasteiger partial charge in [-0.3, -0.25) is 4.79 Å². The smallest absolute Gasteiger partial charge is 0.331 e. The van der Waals surface area contributed by atoms with Crippen LogP contribution in [-0.2, 0) is 25.7 Å². The molecule has 1 aliphatic heterocycles. The van der Waals surface area contributed by atoms with Crippen LogP contribution in [0.1, 0.15) is 26.3 Å². The zero-order chi connectivity index (χ0) is 15.5. The average Bonchev–Trinajstić information content (AvgIpc) is 2.90. The minimum atomic E-state index is -0.671. The normalized spacial score (nSPS) is 22.1. The van der Waals surface area contributed by atoms with E-state index in [-0.39, 0.29) is 18.6 Å². The van der Waals surface area contributed by atoms with Crippen molar-refractivity contribution in [3.63, 3.8) is 0 Å². The Morgan fingerprint density at radius 3 is 2.62 bits per heavy atom. The summed E-state index contributed by atoms with van der Waals surface area (Å²) in [5.41, 5.74) is 0.657. The van der Waals surface area contributed by atoms with E-state index in [1.54, 1.807) is 0 Å². The van der Waals surface area contributed by atoms with E-state index in [2.05, 4.69) is 0 Å². The van der Waals surface area contributed by atoms with Gasteiger partial charge in [-0.25, -0.2) is 4.79 Å². The maximum Gasteiger partial charge on any atom is 0.331 e. The number of nitrogens with zero attached hydrogens (tertiary/aromatic N) is 1. The molecule has 21 heavy (non-hydrogen) atoms. The SMILES string of the molecule is CC(C)(C)[C@H]1OC[C@@H](C(=O)OCc2ccccc2)N1C=O. The van der Waals surface area contributed by atoms with Gasteiger partial charge in [0.15, 0.2) is 6.04 Å². The van der Waals surface area contributed by atoms with Crippen LogP contribution in [0, 0.1) is 5.41 Å². The molecule has 0 aliphatic carbocycles. The maximum atomic E-state index is 12.2. The number of amides is 1. The molecule has 114 valence electrons. The predicted octanol–water partition coefficient (Wildman–Crippen LogP) is 1.96. The molecule has 1 aromatic carbocycles. The zero-order valence-electron chi connectivity index (χ0n) is 12.6. The molecule has 1 aromatic rings. The third-order valence-electron chi connectivity index (χ3n) is 3.40. The van der Waals surface area contributed by atoms with Gasteiger partial charge < -0.3 is 14.4 Å². The zero-order valence-corrected chi connectivity index (χ0v) is 12.6. The molecule has 1 amide bonds. The van der Waals surface area contributed by atoms with E-state index in [0.29, 0.717) is 6.41 Å². The fraction of sp³-hybridized carbons (Fsp3) is 0.500. The van der Waals surface area contributed by atoms with E-state index in [0.717, 1.165) is 5.56 Å². The molecule has 0 bridgehead atoms. The Bertz CT molecular complexity index is 495. The second kappa shape index (κ2) is 6.26. The molecule has 1 fully saturated rings. The summed E-state index contributed by atoms with van der Waals surface area (Å²) in [6.45, 7) is 6.26. The predicted molar refractivity (Wildman–Crippen MR) is 77.1 cm³/mol. The second-order valence-electron chi connectivity index (χ2n) is 6.21. The molecular formula is C16H21NO4. The molecule has 1 aliphatic rings. The summed E-state index contributed by atoms with van der Waals surface area (Å²) >= 11 is 0.